The van der Waals surface area contributed by atoms with Gasteiger partial charge in [-0.25, -0.2) is 9.78 Å². The predicted octanol–water partition coefficient (Wildman–Crippen LogP) is 6.74. The Morgan fingerprint density at radius 3 is 2.33 bits per heavy atom. The van der Waals surface area contributed by atoms with E-state index >= 15 is 0 Å². The van der Waals surface area contributed by atoms with Gasteiger partial charge in [-0.05, 0) is 86.5 Å². The lowest BCUT2D eigenvalue weighted by Gasteiger charge is -2.13. The highest BCUT2D eigenvalue weighted by atomic mass is 16.5. The fourth-order valence-corrected chi connectivity index (χ4v) is 4.06. The molecule has 0 aliphatic rings. The number of rotatable bonds is 8. The Balaban J connectivity index is 1.66. The van der Waals surface area contributed by atoms with E-state index in [1.807, 2.05) is 57.2 Å². The minimum atomic E-state index is -0.364. The average molecular weight is 483 g/mol. The normalized spacial score (nSPS) is 10.8. The van der Waals surface area contributed by atoms with Crippen LogP contribution in [0.1, 0.15) is 51.6 Å². The number of fused-ring (bicyclic) bond motifs is 1. The third kappa shape index (κ3) is 5.54. The summed E-state index contributed by atoms with van der Waals surface area (Å²) in [6.07, 6.45) is 1.79. The van der Waals surface area contributed by atoms with E-state index in [4.69, 9.17) is 14.5 Å². The SMILES string of the molecule is CCCCOC(=O)c1ccc(NC(=O)c2cc(-c3ccc(OC)cc3)nc3c(C)cc(C)cc23)cc1. The van der Waals surface area contributed by atoms with Crippen molar-refractivity contribution < 1.29 is 19.1 Å². The van der Waals surface area contributed by atoms with Crippen LogP contribution in [0.5, 0.6) is 5.75 Å². The number of anilines is 1. The largest absolute Gasteiger partial charge is 0.497 e. The summed E-state index contributed by atoms with van der Waals surface area (Å²) in [5, 5.41) is 3.76. The Kier molecular flexibility index (Phi) is 7.64. The number of aromatic nitrogens is 1. The molecule has 1 N–H and O–H groups in total. The van der Waals surface area contributed by atoms with Gasteiger partial charge >= 0.3 is 5.97 Å². The van der Waals surface area contributed by atoms with Crippen molar-refractivity contribution in [3.05, 3.63) is 89.0 Å². The Labute approximate surface area is 211 Å². The number of ether oxygens (including phenoxy) is 2. The predicted molar refractivity (Wildman–Crippen MR) is 143 cm³/mol. The number of amides is 1. The van der Waals surface area contributed by atoms with Crippen molar-refractivity contribution in [2.45, 2.75) is 33.6 Å². The van der Waals surface area contributed by atoms with Crippen molar-refractivity contribution in [3.63, 3.8) is 0 Å². The van der Waals surface area contributed by atoms with E-state index < -0.39 is 0 Å². The van der Waals surface area contributed by atoms with Gasteiger partial charge in [0.05, 0.1) is 36.1 Å². The molecule has 1 aromatic heterocycles. The number of nitrogens with one attached hydrogen (secondary N) is 1. The summed E-state index contributed by atoms with van der Waals surface area (Å²) in [5.41, 5.74) is 5.99. The Hall–Kier alpha value is -4.19. The van der Waals surface area contributed by atoms with Crippen LogP contribution in [0.4, 0.5) is 5.69 Å². The van der Waals surface area contributed by atoms with Crippen LogP contribution in [0.3, 0.4) is 0 Å². The molecule has 0 aliphatic heterocycles. The highest BCUT2D eigenvalue weighted by Gasteiger charge is 2.17. The van der Waals surface area contributed by atoms with Crippen molar-refractivity contribution in [2.75, 3.05) is 19.0 Å². The maximum absolute atomic E-state index is 13.5. The molecule has 6 heteroatoms. The van der Waals surface area contributed by atoms with Crippen LogP contribution < -0.4 is 10.1 Å². The first kappa shape index (κ1) is 24.9. The second-order valence-electron chi connectivity index (χ2n) is 8.78. The number of methoxy groups -OCH3 is 1. The summed E-state index contributed by atoms with van der Waals surface area (Å²) >= 11 is 0. The maximum atomic E-state index is 13.5. The molecular weight excluding hydrogens is 452 g/mol. The van der Waals surface area contributed by atoms with Crippen LogP contribution in [0.25, 0.3) is 22.2 Å². The number of carbonyl (C=O) groups is 2. The molecule has 0 spiro atoms. The van der Waals surface area contributed by atoms with E-state index in [9.17, 15) is 9.59 Å². The molecule has 6 nitrogen and oxygen atoms in total. The zero-order valence-electron chi connectivity index (χ0n) is 21.1. The summed E-state index contributed by atoms with van der Waals surface area (Å²) in [4.78, 5) is 30.5. The quantitative estimate of drug-likeness (QED) is 0.222. The highest BCUT2D eigenvalue weighted by molar-refractivity contribution is 6.13. The van der Waals surface area contributed by atoms with Gasteiger partial charge in [-0.2, -0.15) is 0 Å². The highest BCUT2D eigenvalue weighted by Crippen LogP contribution is 2.29. The molecule has 0 aliphatic carbocycles. The van der Waals surface area contributed by atoms with E-state index in [-0.39, 0.29) is 11.9 Å². The summed E-state index contributed by atoms with van der Waals surface area (Å²) in [7, 11) is 1.62. The molecule has 0 saturated carbocycles. The minimum Gasteiger partial charge on any atom is -0.497 e. The first-order valence-electron chi connectivity index (χ1n) is 12.0. The van der Waals surface area contributed by atoms with Gasteiger partial charge in [0.1, 0.15) is 5.75 Å². The summed E-state index contributed by atoms with van der Waals surface area (Å²) in [5.74, 6) is 0.138. The molecule has 0 atom stereocenters. The Morgan fingerprint density at radius 2 is 1.67 bits per heavy atom. The van der Waals surface area contributed by atoms with Crippen LogP contribution in [0.15, 0.2) is 66.7 Å². The summed E-state index contributed by atoms with van der Waals surface area (Å²) in [6.45, 7) is 6.45. The van der Waals surface area contributed by atoms with E-state index in [0.717, 1.165) is 46.2 Å². The second kappa shape index (κ2) is 11.0. The lowest BCUT2D eigenvalue weighted by Crippen LogP contribution is -2.14. The third-order valence-corrected chi connectivity index (χ3v) is 5.99. The van der Waals surface area contributed by atoms with Gasteiger partial charge in [0.15, 0.2) is 0 Å². The molecule has 184 valence electrons. The number of hydrogen-bond donors (Lipinski definition) is 1. The monoisotopic (exact) mass is 482 g/mol. The van der Waals surface area contributed by atoms with Crippen molar-refractivity contribution in [3.8, 4) is 17.0 Å². The molecule has 1 amide bonds. The van der Waals surface area contributed by atoms with Gasteiger partial charge in [-0.1, -0.05) is 25.0 Å². The third-order valence-electron chi connectivity index (χ3n) is 5.99. The van der Waals surface area contributed by atoms with Gasteiger partial charge in [0, 0.05) is 16.6 Å². The van der Waals surface area contributed by atoms with Crippen LogP contribution in [0.2, 0.25) is 0 Å². The summed E-state index contributed by atoms with van der Waals surface area (Å²) < 4.78 is 10.5. The molecule has 4 rings (SSSR count). The first-order valence-corrected chi connectivity index (χ1v) is 12.0. The second-order valence-corrected chi connectivity index (χ2v) is 8.78. The molecule has 1 heterocycles. The maximum Gasteiger partial charge on any atom is 0.338 e. The number of unbranched alkanes of at least 4 members (excludes halogenated alkanes) is 1. The van der Waals surface area contributed by atoms with E-state index in [1.54, 1.807) is 31.4 Å². The molecular formula is C30H30N2O4. The molecule has 0 bridgehead atoms. The molecule has 0 unspecified atom stereocenters. The Morgan fingerprint density at radius 1 is 0.944 bits per heavy atom. The van der Waals surface area contributed by atoms with Gasteiger partial charge < -0.3 is 14.8 Å². The standard InChI is InChI=1S/C30H30N2O4/c1-5-6-15-36-30(34)22-7-11-23(12-8-22)31-29(33)26-18-27(21-9-13-24(35-4)14-10-21)32-28-20(3)16-19(2)17-25(26)28/h7-14,16-18H,5-6,15H2,1-4H3,(H,31,33). The average Bonchev–Trinajstić information content (AvgIpc) is 2.88. The smallest absolute Gasteiger partial charge is 0.338 e. The zero-order chi connectivity index (χ0) is 25.7. The summed E-state index contributed by atoms with van der Waals surface area (Å²) in [6, 6.07) is 20.2. The minimum absolute atomic E-state index is 0.250. The molecule has 4 aromatic rings. The van der Waals surface area contributed by atoms with E-state index in [0.29, 0.717) is 29.1 Å². The number of hydrogen-bond acceptors (Lipinski definition) is 5. The van der Waals surface area contributed by atoms with Gasteiger partial charge in [0.25, 0.3) is 5.91 Å². The number of carbonyl (C=O) groups excluding carboxylic acids is 2. The first-order chi connectivity index (χ1) is 17.4. The molecule has 0 fully saturated rings. The number of benzene rings is 3. The van der Waals surface area contributed by atoms with Crippen LogP contribution in [-0.4, -0.2) is 30.6 Å². The molecule has 36 heavy (non-hydrogen) atoms. The number of esters is 1. The number of aryl methyl sites for hydroxylation is 2. The Bertz CT molecular complexity index is 1390. The zero-order valence-corrected chi connectivity index (χ0v) is 21.1. The van der Waals surface area contributed by atoms with Crippen LogP contribution in [-0.2, 0) is 4.74 Å². The van der Waals surface area contributed by atoms with Crippen LogP contribution in [0, 0.1) is 13.8 Å². The topological polar surface area (TPSA) is 77.5 Å². The molecule has 0 radical (unpaired) electrons. The number of nitrogens with zero attached hydrogens (tertiary/aromatic N) is 1. The fraction of sp³-hybridized carbons (Fsp3) is 0.233. The van der Waals surface area contributed by atoms with Crippen molar-refractivity contribution >= 4 is 28.5 Å². The lowest BCUT2D eigenvalue weighted by molar-refractivity contribution is 0.0499. The number of pyridine rings is 1. The molecule has 3 aromatic carbocycles. The fourth-order valence-electron chi connectivity index (χ4n) is 4.06. The van der Waals surface area contributed by atoms with Gasteiger partial charge in [-0.15, -0.1) is 0 Å². The lowest BCUT2D eigenvalue weighted by atomic mass is 9.99. The van der Waals surface area contributed by atoms with E-state index in [2.05, 4.69) is 11.4 Å². The van der Waals surface area contributed by atoms with Gasteiger partial charge in [-0.3, -0.25) is 4.79 Å². The van der Waals surface area contributed by atoms with Crippen LogP contribution >= 0.6 is 0 Å². The van der Waals surface area contributed by atoms with Gasteiger partial charge in [0.2, 0.25) is 0 Å². The van der Waals surface area contributed by atoms with Crippen molar-refractivity contribution in [1.29, 1.82) is 0 Å². The molecule has 0 saturated heterocycles. The van der Waals surface area contributed by atoms with Crippen molar-refractivity contribution in [1.82, 2.24) is 4.98 Å². The van der Waals surface area contributed by atoms with E-state index in [1.165, 1.54) is 0 Å². The van der Waals surface area contributed by atoms with Crippen molar-refractivity contribution in [2.24, 2.45) is 0 Å².